The molecule has 0 heterocycles. The molecule has 1 aromatic carbocycles. The average molecular weight is 350 g/mol. The van der Waals surface area contributed by atoms with E-state index in [0.29, 0.717) is 6.42 Å². The maximum Gasteiger partial charge on any atom is 0.408 e. The maximum absolute atomic E-state index is 12.4. The minimum Gasteiger partial charge on any atom is -0.467 e. The molecule has 0 saturated heterocycles. The SMILES string of the molecule is CC[C@H](C)[C@H](NC(=O)OCc1ccccc1)C(=O)N[C@@H](C)C(=O)OC. The van der Waals surface area contributed by atoms with Gasteiger partial charge in [0.05, 0.1) is 7.11 Å². The number of benzene rings is 1. The molecule has 7 heteroatoms. The zero-order valence-corrected chi connectivity index (χ0v) is 15.1. The topological polar surface area (TPSA) is 93.7 Å². The molecule has 1 aromatic rings. The first-order chi connectivity index (χ1) is 11.9. The van der Waals surface area contributed by atoms with Gasteiger partial charge in [0.1, 0.15) is 18.7 Å². The maximum atomic E-state index is 12.4. The van der Waals surface area contributed by atoms with E-state index in [1.54, 1.807) is 0 Å². The van der Waals surface area contributed by atoms with Crippen LogP contribution in [-0.4, -0.2) is 37.2 Å². The number of nitrogens with one attached hydrogen (secondary N) is 2. The Kier molecular flexibility index (Phi) is 8.46. The molecule has 0 bridgehead atoms. The van der Waals surface area contributed by atoms with E-state index in [9.17, 15) is 14.4 Å². The van der Waals surface area contributed by atoms with E-state index in [1.165, 1.54) is 14.0 Å². The van der Waals surface area contributed by atoms with Crippen molar-refractivity contribution in [3.8, 4) is 0 Å². The van der Waals surface area contributed by atoms with Crippen LogP contribution in [0.2, 0.25) is 0 Å². The zero-order chi connectivity index (χ0) is 18.8. The fraction of sp³-hybridized carbons (Fsp3) is 0.500. The number of amides is 2. The van der Waals surface area contributed by atoms with Gasteiger partial charge in [-0.05, 0) is 18.4 Å². The average Bonchev–Trinajstić information content (AvgIpc) is 2.63. The van der Waals surface area contributed by atoms with Crippen molar-refractivity contribution in [2.24, 2.45) is 5.92 Å². The second-order valence-electron chi connectivity index (χ2n) is 5.82. The van der Waals surface area contributed by atoms with Gasteiger partial charge in [0.2, 0.25) is 5.91 Å². The van der Waals surface area contributed by atoms with Gasteiger partial charge in [-0.15, -0.1) is 0 Å². The van der Waals surface area contributed by atoms with Crippen LogP contribution in [0.25, 0.3) is 0 Å². The predicted molar refractivity (Wildman–Crippen MR) is 92.6 cm³/mol. The highest BCUT2D eigenvalue weighted by molar-refractivity contribution is 5.89. The molecule has 0 aromatic heterocycles. The Morgan fingerprint density at radius 2 is 1.72 bits per heavy atom. The third kappa shape index (κ3) is 6.82. The molecule has 25 heavy (non-hydrogen) atoms. The fourth-order valence-corrected chi connectivity index (χ4v) is 2.13. The first-order valence-electron chi connectivity index (χ1n) is 8.24. The van der Waals surface area contributed by atoms with Crippen molar-refractivity contribution < 1.29 is 23.9 Å². The quantitative estimate of drug-likeness (QED) is 0.700. The van der Waals surface area contributed by atoms with Crippen LogP contribution in [-0.2, 0) is 25.7 Å². The van der Waals surface area contributed by atoms with E-state index in [2.05, 4.69) is 15.4 Å². The van der Waals surface area contributed by atoms with Crippen molar-refractivity contribution in [3.05, 3.63) is 35.9 Å². The van der Waals surface area contributed by atoms with Crippen LogP contribution in [0.3, 0.4) is 0 Å². The minimum absolute atomic E-state index is 0.111. The Labute approximate surface area is 148 Å². The van der Waals surface area contributed by atoms with Gasteiger partial charge in [0.25, 0.3) is 0 Å². The summed E-state index contributed by atoms with van der Waals surface area (Å²) in [6.45, 7) is 5.38. The molecule has 0 aliphatic carbocycles. The van der Waals surface area contributed by atoms with Crippen LogP contribution in [0.4, 0.5) is 4.79 Å². The van der Waals surface area contributed by atoms with Crippen molar-refractivity contribution in [2.75, 3.05) is 7.11 Å². The lowest BCUT2D eigenvalue weighted by atomic mass is 9.98. The van der Waals surface area contributed by atoms with Gasteiger partial charge in [0.15, 0.2) is 0 Å². The molecule has 2 N–H and O–H groups in total. The number of ether oxygens (including phenoxy) is 2. The molecule has 0 spiro atoms. The first-order valence-corrected chi connectivity index (χ1v) is 8.24. The molecule has 7 nitrogen and oxygen atoms in total. The van der Waals surface area contributed by atoms with Crippen molar-refractivity contribution in [1.29, 1.82) is 0 Å². The summed E-state index contributed by atoms with van der Waals surface area (Å²) in [5.74, 6) is -1.14. The lowest BCUT2D eigenvalue weighted by Gasteiger charge is -2.24. The monoisotopic (exact) mass is 350 g/mol. The van der Waals surface area contributed by atoms with Crippen LogP contribution in [0.5, 0.6) is 0 Å². The molecule has 2 amide bonds. The van der Waals surface area contributed by atoms with Gasteiger partial charge in [-0.3, -0.25) is 4.79 Å². The summed E-state index contributed by atoms with van der Waals surface area (Å²) < 4.78 is 9.74. The number of methoxy groups -OCH3 is 1. The van der Waals surface area contributed by atoms with Gasteiger partial charge in [0, 0.05) is 0 Å². The Morgan fingerprint density at radius 1 is 1.08 bits per heavy atom. The number of hydrogen-bond donors (Lipinski definition) is 2. The minimum atomic E-state index is -0.805. The van der Waals surface area contributed by atoms with Gasteiger partial charge in [-0.25, -0.2) is 9.59 Å². The van der Waals surface area contributed by atoms with Crippen LogP contribution in [0.15, 0.2) is 30.3 Å². The second kappa shape index (κ2) is 10.3. The van der Waals surface area contributed by atoms with Crippen LogP contribution in [0, 0.1) is 5.92 Å². The highest BCUT2D eigenvalue weighted by atomic mass is 16.5. The van der Waals surface area contributed by atoms with E-state index >= 15 is 0 Å². The Morgan fingerprint density at radius 3 is 2.28 bits per heavy atom. The molecule has 138 valence electrons. The number of alkyl carbamates (subject to hydrolysis) is 1. The smallest absolute Gasteiger partial charge is 0.408 e. The second-order valence-corrected chi connectivity index (χ2v) is 5.82. The van der Waals surface area contributed by atoms with Gasteiger partial charge in [-0.2, -0.15) is 0 Å². The summed E-state index contributed by atoms with van der Waals surface area (Å²) in [7, 11) is 1.25. The summed E-state index contributed by atoms with van der Waals surface area (Å²) in [6.07, 6.45) is -0.0149. The molecule has 0 fully saturated rings. The first kappa shape index (κ1) is 20.5. The van der Waals surface area contributed by atoms with Crippen molar-refractivity contribution in [3.63, 3.8) is 0 Å². The van der Waals surface area contributed by atoms with Crippen LogP contribution >= 0.6 is 0 Å². The van der Waals surface area contributed by atoms with E-state index in [1.807, 2.05) is 44.2 Å². The number of hydrogen-bond acceptors (Lipinski definition) is 5. The largest absolute Gasteiger partial charge is 0.467 e. The summed E-state index contributed by atoms with van der Waals surface area (Å²) in [4.78, 5) is 35.9. The normalized spacial score (nSPS) is 13.9. The Balaban J connectivity index is 2.63. The van der Waals surface area contributed by atoms with Crippen molar-refractivity contribution >= 4 is 18.0 Å². The highest BCUT2D eigenvalue weighted by Crippen LogP contribution is 2.09. The van der Waals surface area contributed by atoms with Crippen LogP contribution < -0.4 is 10.6 Å². The van der Waals surface area contributed by atoms with Crippen LogP contribution in [0.1, 0.15) is 32.8 Å². The van der Waals surface area contributed by atoms with E-state index in [4.69, 9.17) is 4.74 Å². The molecule has 3 atom stereocenters. The van der Waals surface area contributed by atoms with Crippen molar-refractivity contribution in [2.45, 2.75) is 45.9 Å². The predicted octanol–water partition coefficient (Wildman–Crippen LogP) is 2.01. The van der Waals surface area contributed by atoms with E-state index in [0.717, 1.165) is 5.56 Å². The molecule has 0 aliphatic rings. The molecule has 0 saturated carbocycles. The number of carbonyl (C=O) groups is 3. The van der Waals surface area contributed by atoms with Gasteiger partial charge >= 0.3 is 12.1 Å². The lowest BCUT2D eigenvalue weighted by Crippen LogP contribution is -2.53. The number of esters is 1. The molecular formula is C18H26N2O5. The standard InChI is InChI=1S/C18H26N2O5/c1-5-12(2)15(16(21)19-13(3)17(22)24-4)20-18(23)25-11-14-9-7-6-8-10-14/h6-10,12-13,15H,5,11H2,1-4H3,(H,19,21)(H,20,23)/t12-,13-,15-/m0/s1. The molecular weight excluding hydrogens is 324 g/mol. The third-order valence-electron chi connectivity index (χ3n) is 3.90. The molecule has 0 aliphatic heterocycles. The molecule has 0 unspecified atom stereocenters. The third-order valence-corrected chi connectivity index (χ3v) is 3.90. The van der Waals surface area contributed by atoms with Gasteiger partial charge in [-0.1, -0.05) is 50.6 Å². The Hall–Kier alpha value is -2.57. The van der Waals surface area contributed by atoms with Gasteiger partial charge < -0.3 is 20.1 Å². The zero-order valence-electron chi connectivity index (χ0n) is 15.1. The van der Waals surface area contributed by atoms with E-state index in [-0.39, 0.29) is 12.5 Å². The lowest BCUT2D eigenvalue weighted by molar-refractivity contribution is -0.144. The molecule has 1 rings (SSSR count). The summed E-state index contributed by atoms with van der Waals surface area (Å²) >= 11 is 0. The summed E-state index contributed by atoms with van der Waals surface area (Å²) in [5, 5.41) is 5.12. The number of carbonyl (C=O) groups excluding carboxylic acids is 3. The van der Waals surface area contributed by atoms with Crippen molar-refractivity contribution in [1.82, 2.24) is 10.6 Å². The Bertz CT molecular complexity index is 576. The van der Waals surface area contributed by atoms with E-state index < -0.39 is 30.1 Å². The summed E-state index contributed by atoms with van der Waals surface area (Å²) in [6, 6.07) is 7.64. The molecule has 0 radical (unpaired) electrons. The number of rotatable bonds is 8. The fourth-order valence-electron chi connectivity index (χ4n) is 2.13. The summed E-state index contributed by atoms with van der Waals surface area (Å²) in [5.41, 5.74) is 0.849. The highest BCUT2D eigenvalue weighted by Gasteiger charge is 2.29.